The van der Waals surface area contributed by atoms with Crippen molar-refractivity contribution in [2.45, 2.75) is 96.6 Å². The number of anilines is 2. The number of unbranched alkanes of at least 4 members (excludes halogenated alkanes) is 2. The zero-order valence-electron chi connectivity index (χ0n) is 27.5. The molecule has 0 saturated carbocycles. The monoisotopic (exact) mass is 642 g/mol. The molecular weight excluding hydrogens is 600 g/mol. The Labute approximate surface area is 273 Å². The van der Waals surface area contributed by atoms with Gasteiger partial charge in [0, 0.05) is 42.4 Å². The maximum atomic E-state index is 13.5. The summed E-state index contributed by atoms with van der Waals surface area (Å²) in [6, 6.07) is 10.7. The Balaban J connectivity index is 1.11. The van der Waals surface area contributed by atoms with Crippen molar-refractivity contribution >= 4 is 28.6 Å². The van der Waals surface area contributed by atoms with Crippen LogP contribution in [0.3, 0.4) is 0 Å². The lowest BCUT2D eigenvalue weighted by Gasteiger charge is -2.39. The van der Waals surface area contributed by atoms with Crippen molar-refractivity contribution in [1.82, 2.24) is 9.97 Å². The summed E-state index contributed by atoms with van der Waals surface area (Å²) in [5.74, 6) is 1.29. The number of nitrogens with zero attached hydrogens (tertiary/aromatic N) is 2. The summed E-state index contributed by atoms with van der Waals surface area (Å²) in [6.45, 7) is 10.1. The van der Waals surface area contributed by atoms with E-state index >= 15 is 0 Å². The van der Waals surface area contributed by atoms with E-state index in [1.54, 1.807) is 26.1 Å². The van der Waals surface area contributed by atoms with E-state index in [4.69, 9.17) is 24.4 Å². The van der Waals surface area contributed by atoms with Crippen LogP contribution in [0.5, 0.6) is 11.5 Å². The van der Waals surface area contributed by atoms with Crippen LogP contribution in [0.15, 0.2) is 51.8 Å². The Morgan fingerprint density at radius 1 is 1.17 bits per heavy atom. The molecule has 11 heteroatoms. The van der Waals surface area contributed by atoms with E-state index in [-0.39, 0.29) is 34.7 Å². The van der Waals surface area contributed by atoms with Crippen molar-refractivity contribution < 1.29 is 28.5 Å². The number of carbonyl (C=O) groups excluding carboxylic acids is 1. The number of aromatic hydroxyl groups is 1. The average Bonchev–Trinajstić information content (AvgIpc) is 3.69. The molecule has 4 aromatic rings. The summed E-state index contributed by atoms with van der Waals surface area (Å²) in [7, 11) is 0. The molecule has 3 aromatic heterocycles. The number of rotatable bonds is 11. The molecule has 6 rings (SSSR count). The summed E-state index contributed by atoms with van der Waals surface area (Å²) in [6.07, 6.45) is 5.43. The number of hydrogen-bond donors (Lipinski definition) is 3. The number of nitrogens with one attached hydrogen (secondary N) is 1. The number of phenolic OH excluding ortho intramolecular Hbond substituents is 1. The Morgan fingerprint density at radius 3 is 2.77 bits per heavy atom. The molecular formula is C36H42N4O7. The highest BCUT2D eigenvalue weighted by Gasteiger charge is 2.60. The molecule has 1 fully saturated rings. The number of esters is 1. The molecule has 2 aliphatic heterocycles. The van der Waals surface area contributed by atoms with Crippen LogP contribution >= 0.6 is 0 Å². The van der Waals surface area contributed by atoms with Gasteiger partial charge < -0.3 is 34.8 Å². The number of ether oxygens (including phenoxy) is 3. The van der Waals surface area contributed by atoms with E-state index in [1.165, 1.54) is 12.5 Å². The lowest BCUT2D eigenvalue weighted by molar-refractivity contribution is -0.167. The minimum absolute atomic E-state index is 0.0728. The van der Waals surface area contributed by atoms with Gasteiger partial charge in [-0.15, -0.1) is 0 Å². The predicted molar refractivity (Wildman–Crippen MR) is 179 cm³/mol. The van der Waals surface area contributed by atoms with Gasteiger partial charge in [-0.2, -0.15) is 0 Å². The molecule has 0 amide bonds. The van der Waals surface area contributed by atoms with Gasteiger partial charge in [-0.3, -0.25) is 4.79 Å². The van der Waals surface area contributed by atoms with Gasteiger partial charge in [0.2, 0.25) is 0 Å². The second-order valence-electron chi connectivity index (χ2n) is 13.2. The fourth-order valence-electron chi connectivity index (χ4n) is 6.19. The maximum Gasteiger partial charge on any atom is 0.341 e. The number of nitrogens with two attached hydrogens (primary N) is 1. The Hall–Kier alpha value is -4.64. The Morgan fingerprint density at radius 2 is 1.98 bits per heavy atom. The first-order chi connectivity index (χ1) is 22.4. The van der Waals surface area contributed by atoms with Gasteiger partial charge in [-0.1, -0.05) is 19.8 Å². The number of hydrogen-bond acceptors (Lipinski definition) is 11. The average molecular weight is 643 g/mol. The topological polar surface area (TPSA) is 162 Å². The molecule has 0 bridgehead atoms. The highest BCUT2D eigenvalue weighted by molar-refractivity contribution is 5.87. The van der Waals surface area contributed by atoms with E-state index < -0.39 is 23.3 Å². The minimum Gasteiger partial charge on any atom is -0.507 e. The largest absolute Gasteiger partial charge is 0.507 e. The van der Waals surface area contributed by atoms with Gasteiger partial charge in [-0.25, -0.2) is 14.8 Å². The number of aryl methyl sites for hydroxylation is 2. The molecule has 0 spiro atoms. The molecule has 0 radical (unpaired) electrons. The maximum absolute atomic E-state index is 13.5. The first-order valence-electron chi connectivity index (χ1n) is 16.2. The third-order valence-corrected chi connectivity index (χ3v) is 9.06. The smallest absolute Gasteiger partial charge is 0.341 e. The van der Waals surface area contributed by atoms with Crippen molar-refractivity contribution in [3.05, 3.63) is 69.7 Å². The van der Waals surface area contributed by atoms with Crippen LogP contribution in [0.25, 0.3) is 22.2 Å². The highest BCUT2D eigenvalue weighted by atomic mass is 16.7. The predicted octanol–water partition coefficient (Wildman–Crippen LogP) is 5.86. The second kappa shape index (κ2) is 12.5. The lowest BCUT2D eigenvalue weighted by atomic mass is 9.89. The van der Waals surface area contributed by atoms with Crippen molar-refractivity contribution in [3.8, 4) is 22.8 Å². The van der Waals surface area contributed by atoms with Gasteiger partial charge in [0.1, 0.15) is 51.6 Å². The number of carbonyl (C=O) groups is 1. The van der Waals surface area contributed by atoms with Gasteiger partial charge in [0.15, 0.2) is 11.0 Å². The normalized spacial score (nSPS) is 21.1. The molecule has 0 aliphatic carbocycles. The molecule has 1 saturated heterocycles. The lowest BCUT2D eigenvalue weighted by Crippen LogP contribution is -2.50. The van der Waals surface area contributed by atoms with E-state index in [0.29, 0.717) is 35.7 Å². The van der Waals surface area contributed by atoms with Gasteiger partial charge in [0.25, 0.3) is 0 Å². The fourth-order valence-corrected chi connectivity index (χ4v) is 6.19. The van der Waals surface area contributed by atoms with Crippen LogP contribution in [0, 0.1) is 6.92 Å². The molecule has 248 valence electrons. The third-order valence-electron chi connectivity index (χ3n) is 9.06. The third kappa shape index (κ3) is 6.62. The fraction of sp³-hybridized carbons (Fsp3) is 0.444. The number of aromatic nitrogens is 2. The van der Waals surface area contributed by atoms with Crippen LogP contribution in [0.2, 0.25) is 0 Å². The van der Waals surface area contributed by atoms with Gasteiger partial charge in [0.05, 0.1) is 11.8 Å². The van der Waals surface area contributed by atoms with Crippen LogP contribution in [-0.4, -0.2) is 51.0 Å². The number of phenols is 1. The standard InChI is InChI=1S/C36H42N4O7/c1-6-7-8-12-38-31-17-22(11-13-39-31)24-15-21(16-30(37)40-24)9-10-28-36(5,47-28)34(43)45-29-18-23-26(46-35(29,3)4)19-27-32(33(23)42)25(41)14-20(2)44-27/h11,13-17,19,28-29,42H,6-10,12,18H2,1-5H3,(H2,37,40)(H,38,39). The Kier molecular flexibility index (Phi) is 8.61. The minimum atomic E-state index is -1.12. The quantitative estimate of drug-likeness (QED) is 0.102. The van der Waals surface area contributed by atoms with Crippen molar-refractivity contribution in [1.29, 1.82) is 0 Å². The molecule has 5 heterocycles. The van der Waals surface area contributed by atoms with Gasteiger partial charge >= 0.3 is 5.97 Å². The molecule has 3 unspecified atom stereocenters. The zero-order chi connectivity index (χ0) is 33.5. The Bertz CT molecular complexity index is 1890. The number of benzene rings is 1. The first kappa shape index (κ1) is 32.3. The molecule has 2 aliphatic rings. The van der Waals surface area contributed by atoms with Crippen LogP contribution in [0.4, 0.5) is 11.6 Å². The molecule has 4 N–H and O–H groups in total. The van der Waals surface area contributed by atoms with Crippen molar-refractivity contribution in [3.63, 3.8) is 0 Å². The van der Waals surface area contributed by atoms with E-state index in [1.807, 2.05) is 38.1 Å². The zero-order valence-corrected chi connectivity index (χ0v) is 27.5. The molecule has 11 nitrogen and oxygen atoms in total. The summed E-state index contributed by atoms with van der Waals surface area (Å²) in [5.41, 5.74) is 7.07. The first-order valence-corrected chi connectivity index (χ1v) is 16.2. The summed E-state index contributed by atoms with van der Waals surface area (Å²) < 4.78 is 23.8. The van der Waals surface area contributed by atoms with Gasteiger partial charge in [-0.05, 0) is 76.8 Å². The number of epoxide rings is 1. The number of pyridine rings is 2. The molecule has 47 heavy (non-hydrogen) atoms. The van der Waals surface area contributed by atoms with Crippen LogP contribution in [-0.2, 0) is 27.1 Å². The number of nitrogen functional groups attached to an aromatic ring is 1. The number of fused-ring (bicyclic) bond motifs is 2. The van der Waals surface area contributed by atoms with E-state index in [0.717, 1.165) is 42.0 Å². The van der Waals surface area contributed by atoms with Crippen LogP contribution < -0.4 is 21.2 Å². The van der Waals surface area contributed by atoms with Crippen molar-refractivity contribution in [2.75, 3.05) is 17.6 Å². The van der Waals surface area contributed by atoms with E-state index in [2.05, 4.69) is 22.2 Å². The summed E-state index contributed by atoms with van der Waals surface area (Å²) in [4.78, 5) is 35.1. The summed E-state index contributed by atoms with van der Waals surface area (Å²) >= 11 is 0. The molecule has 3 atom stereocenters. The van der Waals surface area contributed by atoms with Crippen LogP contribution in [0.1, 0.15) is 70.3 Å². The van der Waals surface area contributed by atoms with Crippen molar-refractivity contribution in [2.24, 2.45) is 0 Å². The second-order valence-corrected chi connectivity index (χ2v) is 13.2. The van der Waals surface area contributed by atoms with E-state index in [9.17, 15) is 14.7 Å². The molecule has 1 aromatic carbocycles. The SMILES string of the molecule is CCCCCNc1cc(-c2cc(CCC3OC3(C)C(=O)OC3Cc4c(cc5oc(C)cc(=O)c5c4O)OC3(C)C)cc(N)n2)ccn1. The highest BCUT2D eigenvalue weighted by Crippen LogP contribution is 2.45. The summed E-state index contributed by atoms with van der Waals surface area (Å²) in [5, 5.41) is 14.5.